The molecule has 4 aromatic rings. The Bertz CT molecular complexity index is 1300. The van der Waals surface area contributed by atoms with Gasteiger partial charge in [0.25, 0.3) is 5.91 Å². The maximum Gasteiger partial charge on any atom is 0.251 e. The minimum atomic E-state index is -0.436. The number of amides is 2. The smallest absolute Gasteiger partial charge is 0.251 e. The highest BCUT2D eigenvalue weighted by molar-refractivity contribution is 5.96. The van der Waals surface area contributed by atoms with Crippen LogP contribution in [0.1, 0.15) is 39.5 Å². The van der Waals surface area contributed by atoms with Crippen LogP contribution in [-0.2, 0) is 11.2 Å². The second kappa shape index (κ2) is 9.13. The van der Waals surface area contributed by atoms with Crippen LogP contribution >= 0.6 is 0 Å². The number of carbonyl (C=O) groups is 2. The SMILES string of the molecule is O=C(CC(NC(=O)c1ccccc1)c1ccccc1)Nc1ccc2c(c1)-c1ccccc1C2. The molecule has 5 rings (SSSR count). The van der Waals surface area contributed by atoms with Gasteiger partial charge in [0.15, 0.2) is 0 Å². The molecule has 4 heteroatoms. The molecule has 0 saturated heterocycles. The molecule has 1 atom stereocenters. The van der Waals surface area contributed by atoms with Crippen molar-refractivity contribution in [3.05, 3.63) is 125 Å². The van der Waals surface area contributed by atoms with Crippen molar-refractivity contribution >= 4 is 17.5 Å². The van der Waals surface area contributed by atoms with E-state index in [0.29, 0.717) is 5.56 Å². The van der Waals surface area contributed by atoms with E-state index in [2.05, 4.69) is 34.9 Å². The highest BCUT2D eigenvalue weighted by Crippen LogP contribution is 2.37. The fourth-order valence-corrected chi connectivity index (χ4v) is 4.37. The predicted molar refractivity (Wildman–Crippen MR) is 131 cm³/mol. The molecule has 2 N–H and O–H groups in total. The number of hydrogen-bond acceptors (Lipinski definition) is 2. The molecule has 33 heavy (non-hydrogen) atoms. The fourth-order valence-electron chi connectivity index (χ4n) is 4.37. The van der Waals surface area contributed by atoms with Crippen LogP contribution in [0.4, 0.5) is 5.69 Å². The van der Waals surface area contributed by atoms with Gasteiger partial charge in [0.1, 0.15) is 0 Å². The van der Waals surface area contributed by atoms with Crippen LogP contribution in [0.2, 0.25) is 0 Å². The first-order chi connectivity index (χ1) is 16.2. The standard InChI is InChI=1S/C29H24N2O2/c32-28(30-24-16-15-23-17-22-13-7-8-14-25(22)26(23)18-24)19-27(20-9-3-1-4-10-20)31-29(33)21-11-5-2-6-12-21/h1-16,18,27H,17,19H2,(H,30,32)(H,31,33). The molecule has 0 bridgehead atoms. The maximum absolute atomic E-state index is 13.0. The first-order valence-corrected chi connectivity index (χ1v) is 11.1. The van der Waals surface area contributed by atoms with Crippen LogP contribution in [0.5, 0.6) is 0 Å². The molecule has 0 spiro atoms. The van der Waals surface area contributed by atoms with Gasteiger partial charge in [0, 0.05) is 11.3 Å². The number of rotatable bonds is 6. The minimum Gasteiger partial charge on any atom is -0.345 e. The lowest BCUT2D eigenvalue weighted by atomic mass is 10.0. The summed E-state index contributed by atoms with van der Waals surface area (Å²) in [6, 6.07) is 32.6. The summed E-state index contributed by atoms with van der Waals surface area (Å²) in [6.07, 6.45) is 1.05. The van der Waals surface area contributed by atoms with Gasteiger partial charge in [-0.1, -0.05) is 78.9 Å². The fraction of sp³-hybridized carbons (Fsp3) is 0.103. The van der Waals surface area contributed by atoms with E-state index in [-0.39, 0.29) is 18.2 Å². The average Bonchev–Trinajstić information content (AvgIpc) is 3.23. The number of fused-ring (bicyclic) bond motifs is 3. The van der Waals surface area contributed by atoms with Gasteiger partial charge in [-0.15, -0.1) is 0 Å². The third-order valence-electron chi connectivity index (χ3n) is 6.01. The lowest BCUT2D eigenvalue weighted by Gasteiger charge is -2.19. The van der Waals surface area contributed by atoms with Crippen LogP contribution in [0.25, 0.3) is 11.1 Å². The monoisotopic (exact) mass is 432 g/mol. The van der Waals surface area contributed by atoms with Crippen LogP contribution < -0.4 is 10.6 Å². The third kappa shape index (κ3) is 4.55. The highest BCUT2D eigenvalue weighted by atomic mass is 16.2. The van der Waals surface area contributed by atoms with Crippen LogP contribution in [0, 0.1) is 0 Å². The Balaban J connectivity index is 1.33. The molecule has 1 unspecified atom stereocenters. The molecule has 0 aliphatic heterocycles. The molecule has 4 aromatic carbocycles. The molecule has 0 fully saturated rings. The van der Waals surface area contributed by atoms with Gasteiger partial charge >= 0.3 is 0 Å². The summed E-state index contributed by atoms with van der Waals surface area (Å²) in [6.45, 7) is 0. The molecule has 2 amide bonds. The Morgan fingerprint density at radius 3 is 2.18 bits per heavy atom. The second-order valence-electron chi connectivity index (χ2n) is 8.26. The van der Waals surface area contributed by atoms with Crippen molar-refractivity contribution < 1.29 is 9.59 Å². The quantitative estimate of drug-likeness (QED) is 0.359. The first kappa shape index (κ1) is 20.7. The molecular weight excluding hydrogens is 408 g/mol. The summed E-state index contributed by atoms with van der Waals surface area (Å²) < 4.78 is 0. The molecule has 4 nitrogen and oxygen atoms in total. The van der Waals surface area contributed by atoms with Crippen molar-refractivity contribution in [2.75, 3.05) is 5.32 Å². The molecule has 0 saturated carbocycles. The summed E-state index contributed by atoms with van der Waals surface area (Å²) in [5, 5.41) is 6.05. The van der Waals surface area contributed by atoms with Crippen molar-refractivity contribution in [1.82, 2.24) is 5.32 Å². The van der Waals surface area contributed by atoms with Crippen molar-refractivity contribution in [3.63, 3.8) is 0 Å². The van der Waals surface area contributed by atoms with Gasteiger partial charge < -0.3 is 10.6 Å². The van der Waals surface area contributed by atoms with Gasteiger partial charge in [-0.25, -0.2) is 0 Å². The van der Waals surface area contributed by atoms with Gasteiger partial charge in [-0.3, -0.25) is 9.59 Å². The number of hydrogen-bond donors (Lipinski definition) is 2. The van der Waals surface area contributed by atoms with Crippen LogP contribution in [0.15, 0.2) is 103 Å². The van der Waals surface area contributed by atoms with E-state index in [1.807, 2.05) is 66.7 Å². The van der Waals surface area contributed by atoms with E-state index < -0.39 is 6.04 Å². The summed E-state index contributed by atoms with van der Waals surface area (Å²) in [5.41, 5.74) is 7.18. The lowest BCUT2D eigenvalue weighted by molar-refractivity contribution is -0.116. The molecule has 162 valence electrons. The Morgan fingerprint density at radius 2 is 1.39 bits per heavy atom. The van der Waals surface area contributed by atoms with Crippen molar-refractivity contribution in [2.24, 2.45) is 0 Å². The zero-order valence-electron chi connectivity index (χ0n) is 18.1. The zero-order chi connectivity index (χ0) is 22.6. The average molecular weight is 433 g/mol. The summed E-state index contributed by atoms with van der Waals surface area (Å²) >= 11 is 0. The Morgan fingerprint density at radius 1 is 0.727 bits per heavy atom. The largest absolute Gasteiger partial charge is 0.345 e. The molecule has 1 aliphatic rings. The molecular formula is C29H24N2O2. The van der Waals surface area contributed by atoms with E-state index in [1.54, 1.807) is 12.1 Å². The molecule has 0 heterocycles. The summed E-state index contributed by atoms with van der Waals surface area (Å²) in [5.74, 6) is -0.352. The second-order valence-corrected chi connectivity index (χ2v) is 8.26. The van der Waals surface area contributed by atoms with Crippen molar-refractivity contribution in [3.8, 4) is 11.1 Å². The number of nitrogens with one attached hydrogen (secondary N) is 2. The molecule has 0 aromatic heterocycles. The predicted octanol–water partition coefficient (Wildman–Crippen LogP) is 5.76. The topological polar surface area (TPSA) is 58.2 Å². The van der Waals surface area contributed by atoms with Gasteiger partial charge in [-0.05, 0) is 58.5 Å². The summed E-state index contributed by atoms with van der Waals surface area (Å²) in [7, 11) is 0. The van der Waals surface area contributed by atoms with Crippen molar-refractivity contribution in [2.45, 2.75) is 18.9 Å². The van der Waals surface area contributed by atoms with Gasteiger partial charge in [0.05, 0.1) is 12.5 Å². The summed E-state index contributed by atoms with van der Waals surface area (Å²) in [4.78, 5) is 25.8. The number of anilines is 1. The molecule has 1 aliphatic carbocycles. The minimum absolute atomic E-state index is 0.135. The van der Waals surface area contributed by atoms with E-state index in [9.17, 15) is 9.59 Å². The number of carbonyl (C=O) groups excluding carboxylic acids is 2. The zero-order valence-corrected chi connectivity index (χ0v) is 18.1. The third-order valence-corrected chi connectivity index (χ3v) is 6.01. The van der Waals surface area contributed by atoms with Crippen LogP contribution in [-0.4, -0.2) is 11.8 Å². The number of benzene rings is 4. The van der Waals surface area contributed by atoms with Gasteiger partial charge in [-0.2, -0.15) is 0 Å². The van der Waals surface area contributed by atoms with E-state index >= 15 is 0 Å². The normalized spacial score (nSPS) is 12.4. The van der Waals surface area contributed by atoms with E-state index in [1.165, 1.54) is 22.3 Å². The Labute approximate surface area is 193 Å². The van der Waals surface area contributed by atoms with E-state index in [0.717, 1.165) is 17.7 Å². The first-order valence-electron chi connectivity index (χ1n) is 11.1. The highest BCUT2D eigenvalue weighted by Gasteiger charge is 2.21. The maximum atomic E-state index is 13.0. The van der Waals surface area contributed by atoms with Crippen molar-refractivity contribution in [1.29, 1.82) is 0 Å². The van der Waals surface area contributed by atoms with Gasteiger partial charge in [0.2, 0.25) is 5.91 Å². The Kier molecular flexibility index (Phi) is 5.73. The molecule has 0 radical (unpaired) electrons. The van der Waals surface area contributed by atoms with Crippen LogP contribution in [0.3, 0.4) is 0 Å². The Hall–Kier alpha value is -4.18. The lowest BCUT2D eigenvalue weighted by Crippen LogP contribution is -2.31. The van der Waals surface area contributed by atoms with E-state index in [4.69, 9.17) is 0 Å².